The van der Waals surface area contributed by atoms with Gasteiger partial charge >= 0.3 is 6.03 Å². The Balaban J connectivity index is 1.05. The zero-order valence-corrected chi connectivity index (χ0v) is 22.0. The van der Waals surface area contributed by atoms with Gasteiger partial charge in [0.25, 0.3) is 0 Å². The van der Waals surface area contributed by atoms with Crippen molar-refractivity contribution in [1.82, 2.24) is 30.2 Å². The average Bonchev–Trinajstić information content (AvgIpc) is 3.67. The Labute approximate surface area is 222 Å². The second-order valence-corrected chi connectivity index (χ2v) is 10.6. The van der Waals surface area contributed by atoms with Crippen LogP contribution in [0.2, 0.25) is 0 Å². The summed E-state index contributed by atoms with van der Waals surface area (Å²) in [6.07, 6.45) is 6.35. The Morgan fingerprint density at radius 2 is 1.87 bits per heavy atom. The average molecular weight is 521 g/mol. The molecule has 0 unspecified atom stereocenters. The van der Waals surface area contributed by atoms with Crippen molar-refractivity contribution in [2.75, 3.05) is 53.0 Å². The number of morpholine rings is 1. The van der Waals surface area contributed by atoms with Gasteiger partial charge in [0.1, 0.15) is 11.4 Å². The van der Waals surface area contributed by atoms with Crippen LogP contribution in [0.15, 0.2) is 34.9 Å². The molecule has 4 heterocycles. The number of carbonyl (C=O) groups excluding carboxylic acids is 1. The van der Waals surface area contributed by atoms with Crippen LogP contribution in [0.25, 0.3) is 22.4 Å². The van der Waals surface area contributed by atoms with Gasteiger partial charge in [-0.3, -0.25) is 4.90 Å². The normalized spacial score (nSPS) is 20.6. The largest absolute Gasteiger partial charge is 0.496 e. The number of nitrogens with one attached hydrogen (secondary N) is 1. The van der Waals surface area contributed by atoms with E-state index in [2.05, 4.69) is 20.4 Å². The monoisotopic (exact) mass is 520 g/mol. The molecule has 1 aromatic carbocycles. The second-order valence-electron chi connectivity index (χ2n) is 10.6. The van der Waals surface area contributed by atoms with Gasteiger partial charge in [0.2, 0.25) is 11.7 Å². The number of pyridine rings is 1. The van der Waals surface area contributed by atoms with Gasteiger partial charge in [-0.15, -0.1) is 0 Å². The maximum Gasteiger partial charge on any atom is 0.317 e. The maximum absolute atomic E-state index is 13.1. The number of amides is 2. The number of benzene rings is 1. The van der Waals surface area contributed by atoms with Gasteiger partial charge in [0.05, 0.1) is 25.8 Å². The molecule has 0 bridgehead atoms. The molecule has 3 fully saturated rings. The molecule has 0 spiro atoms. The van der Waals surface area contributed by atoms with Crippen molar-refractivity contribution in [2.24, 2.45) is 0 Å². The van der Waals surface area contributed by atoms with Crippen LogP contribution in [0.3, 0.4) is 0 Å². The highest BCUT2D eigenvalue weighted by Gasteiger charge is 2.40. The van der Waals surface area contributed by atoms with Crippen LogP contribution in [0.4, 0.5) is 4.79 Å². The van der Waals surface area contributed by atoms with Crippen molar-refractivity contribution in [3.8, 4) is 17.3 Å². The summed E-state index contributed by atoms with van der Waals surface area (Å²) >= 11 is 0. The number of urea groups is 1. The molecule has 2 saturated heterocycles. The summed E-state index contributed by atoms with van der Waals surface area (Å²) in [4.78, 5) is 26.9. The molecular weight excluding hydrogens is 484 g/mol. The molecule has 3 aliphatic rings. The van der Waals surface area contributed by atoms with Gasteiger partial charge in [0.15, 0.2) is 0 Å². The number of likely N-dealkylation sites (tertiary alicyclic amines) is 1. The van der Waals surface area contributed by atoms with Crippen molar-refractivity contribution < 1.29 is 18.8 Å². The van der Waals surface area contributed by atoms with E-state index in [1.165, 1.54) is 12.8 Å². The molecule has 3 aromatic rings. The zero-order valence-electron chi connectivity index (χ0n) is 22.0. The standard InChI is InChI=1S/C28H36N6O4/c1-36-24-6-4-5-22-21(24)7-8-23(30-22)25-31-26(38-32-25)20-9-13-33(14-10-20)27(35)29-19-28(11-2-3-12-28)34-15-17-37-18-16-34/h4-8,20H,2-3,9-19H2,1H3,(H,29,35). The molecule has 10 nitrogen and oxygen atoms in total. The topological polar surface area (TPSA) is 106 Å². The molecule has 1 saturated carbocycles. The first-order valence-electron chi connectivity index (χ1n) is 13.8. The van der Waals surface area contributed by atoms with Gasteiger partial charge in [-0.2, -0.15) is 4.98 Å². The predicted molar refractivity (Wildman–Crippen MR) is 142 cm³/mol. The number of hydrogen-bond donors (Lipinski definition) is 1. The van der Waals surface area contributed by atoms with E-state index in [1.807, 2.05) is 35.2 Å². The van der Waals surface area contributed by atoms with E-state index in [4.69, 9.17) is 19.0 Å². The number of aromatic nitrogens is 3. The minimum Gasteiger partial charge on any atom is -0.496 e. The van der Waals surface area contributed by atoms with Crippen LogP contribution in [0.1, 0.15) is 50.3 Å². The highest BCUT2D eigenvalue weighted by molar-refractivity contribution is 5.86. The van der Waals surface area contributed by atoms with Crippen molar-refractivity contribution >= 4 is 16.9 Å². The van der Waals surface area contributed by atoms with E-state index in [0.717, 1.165) is 68.6 Å². The number of fused-ring (bicyclic) bond motifs is 1. The summed E-state index contributed by atoms with van der Waals surface area (Å²) in [5, 5.41) is 8.42. The summed E-state index contributed by atoms with van der Waals surface area (Å²) in [7, 11) is 1.65. The van der Waals surface area contributed by atoms with Crippen molar-refractivity contribution in [3.63, 3.8) is 0 Å². The lowest BCUT2D eigenvalue weighted by molar-refractivity contribution is -0.0198. The predicted octanol–water partition coefficient (Wildman–Crippen LogP) is 3.83. The molecule has 202 valence electrons. The summed E-state index contributed by atoms with van der Waals surface area (Å²) < 4.78 is 16.6. The van der Waals surface area contributed by atoms with E-state index < -0.39 is 0 Å². The number of hydrogen-bond acceptors (Lipinski definition) is 8. The number of nitrogens with zero attached hydrogens (tertiary/aromatic N) is 5. The summed E-state index contributed by atoms with van der Waals surface area (Å²) in [5.74, 6) is 2.01. The Kier molecular flexibility index (Phi) is 7.16. The highest BCUT2D eigenvalue weighted by Crippen LogP contribution is 2.36. The molecule has 1 N–H and O–H groups in total. The van der Waals surface area contributed by atoms with Crippen molar-refractivity contribution in [3.05, 3.63) is 36.2 Å². The van der Waals surface area contributed by atoms with Crippen LogP contribution in [0.5, 0.6) is 5.75 Å². The number of rotatable bonds is 6. The van der Waals surface area contributed by atoms with Crippen LogP contribution >= 0.6 is 0 Å². The summed E-state index contributed by atoms with van der Waals surface area (Å²) in [5.41, 5.74) is 1.57. The fraction of sp³-hybridized carbons (Fsp3) is 0.571. The molecular formula is C28H36N6O4. The van der Waals surface area contributed by atoms with Crippen molar-refractivity contribution in [2.45, 2.75) is 50.0 Å². The van der Waals surface area contributed by atoms with Crippen LogP contribution < -0.4 is 10.1 Å². The minimum atomic E-state index is 0.0324. The third-order valence-electron chi connectivity index (χ3n) is 8.50. The van der Waals surface area contributed by atoms with Gasteiger partial charge in [-0.25, -0.2) is 9.78 Å². The van der Waals surface area contributed by atoms with Crippen LogP contribution in [0, 0.1) is 0 Å². The third-order valence-corrected chi connectivity index (χ3v) is 8.50. The summed E-state index contributed by atoms with van der Waals surface area (Å²) in [6, 6.07) is 9.67. The molecule has 0 atom stereocenters. The molecule has 6 rings (SSSR count). The Bertz CT molecular complexity index is 1260. The van der Waals surface area contributed by atoms with E-state index in [1.54, 1.807) is 7.11 Å². The van der Waals surface area contributed by atoms with Crippen molar-refractivity contribution in [1.29, 1.82) is 0 Å². The fourth-order valence-corrected chi connectivity index (χ4v) is 6.29. The maximum atomic E-state index is 13.1. The molecule has 38 heavy (non-hydrogen) atoms. The molecule has 2 amide bonds. The Hall–Kier alpha value is -3.24. The highest BCUT2D eigenvalue weighted by atomic mass is 16.5. The number of ether oxygens (including phenoxy) is 2. The number of piperidine rings is 1. The molecule has 0 radical (unpaired) electrons. The van der Waals surface area contributed by atoms with Crippen LogP contribution in [-0.2, 0) is 4.74 Å². The van der Waals surface area contributed by atoms with Gasteiger partial charge in [-0.1, -0.05) is 24.1 Å². The lowest BCUT2D eigenvalue weighted by Gasteiger charge is -2.44. The molecule has 1 aliphatic carbocycles. The van der Waals surface area contributed by atoms with Gasteiger partial charge in [0, 0.05) is 49.6 Å². The lowest BCUT2D eigenvalue weighted by Crippen LogP contribution is -2.58. The van der Waals surface area contributed by atoms with E-state index >= 15 is 0 Å². The molecule has 10 heteroatoms. The minimum absolute atomic E-state index is 0.0324. The molecule has 2 aliphatic heterocycles. The first-order valence-corrected chi connectivity index (χ1v) is 13.8. The van der Waals surface area contributed by atoms with E-state index in [-0.39, 0.29) is 17.5 Å². The smallest absolute Gasteiger partial charge is 0.317 e. The lowest BCUT2D eigenvalue weighted by atomic mass is 9.94. The van der Waals surface area contributed by atoms with Gasteiger partial charge < -0.3 is 24.2 Å². The Morgan fingerprint density at radius 1 is 1.08 bits per heavy atom. The number of carbonyl (C=O) groups is 1. The van der Waals surface area contributed by atoms with Gasteiger partial charge in [-0.05, 0) is 49.9 Å². The van der Waals surface area contributed by atoms with E-state index in [0.29, 0.717) is 37.0 Å². The van der Waals surface area contributed by atoms with Crippen LogP contribution in [-0.4, -0.2) is 89.5 Å². The molecule has 2 aromatic heterocycles. The first-order chi connectivity index (χ1) is 18.6. The quantitative estimate of drug-likeness (QED) is 0.523. The SMILES string of the molecule is COc1cccc2nc(-c3noc(C4CCN(C(=O)NCC5(N6CCOCC6)CCCC5)CC4)n3)ccc12. The summed E-state index contributed by atoms with van der Waals surface area (Å²) in [6.45, 7) is 5.54. The Morgan fingerprint density at radius 3 is 2.63 bits per heavy atom. The zero-order chi connectivity index (χ0) is 26.0. The first kappa shape index (κ1) is 25.1. The fourth-order valence-electron chi connectivity index (χ4n) is 6.29. The second kappa shape index (κ2) is 10.9. The van der Waals surface area contributed by atoms with E-state index in [9.17, 15) is 4.79 Å². The third kappa shape index (κ3) is 4.94. The number of methoxy groups -OCH3 is 1.